The number of fused-ring (bicyclic) bond motifs is 3. The summed E-state index contributed by atoms with van der Waals surface area (Å²) in [6, 6.07) is 23.8. The molecular weight excluding hydrogens is 1330 g/mol. The van der Waals surface area contributed by atoms with E-state index in [1.165, 1.54) is 24.3 Å². The number of rotatable bonds is 3. The summed E-state index contributed by atoms with van der Waals surface area (Å²) in [4.78, 5) is 21.9. The van der Waals surface area contributed by atoms with E-state index < -0.39 is 33.4 Å². The molecule has 0 fully saturated rings. The van der Waals surface area contributed by atoms with E-state index in [0.29, 0.717) is 42.8 Å². The van der Waals surface area contributed by atoms with Gasteiger partial charge in [0.25, 0.3) is 5.69 Å². The fraction of sp³-hybridized carbons (Fsp3) is 0.167. The maximum absolute atomic E-state index is 10.4. The van der Waals surface area contributed by atoms with Crippen molar-refractivity contribution in [2.24, 2.45) is 0 Å². The van der Waals surface area contributed by atoms with Gasteiger partial charge in [0.2, 0.25) is 0 Å². The molecule has 289 valence electrons. The van der Waals surface area contributed by atoms with Gasteiger partial charge in [0.05, 0.1) is 24.7 Å². The molecule has 4 aromatic rings. The van der Waals surface area contributed by atoms with E-state index in [4.69, 9.17) is 34.8 Å². The number of anilines is 1. The Labute approximate surface area is 416 Å². The predicted octanol–water partition coefficient (Wildman–Crippen LogP) is 0.0778. The van der Waals surface area contributed by atoms with Crippen LogP contribution in [0.25, 0.3) is 0 Å². The van der Waals surface area contributed by atoms with E-state index in [-0.39, 0.29) is 86.9 Å². The summed E-state index contributed by atoms with van der Waals surface area (Å²) >= 11 is 9.54. The van der Waals surface area contributed by atoms with Crippen molar-refractivity contribution < 1.29 is 84.7 Å². The van der Waals surface area contributed by atoms with E-state index >= 15 is 0 Å². The third-order valence-electron chi connectivity index (χ3n) is 6.95. The van der Waals surface area contributed by atoms with Crippen LogP contribution in [0.1, 0.15) is 35.9 Å². The number of nitrogens with two attached hydrogens (primary N) is 1. The molecule has 0 spiro atoms. The fourth-order valence-electron chi connectivity index (χ4n) is 4.57. The summed E-state index contributed by atoms with van der Waals surface area (Å²) in [5, 5.41) is 55.5. The van der Waals surface area contributed by atoms with Crippen LogP contribution in [0, 0.1) is 10.1 Å². The summed E-state index contributed by atoms with van der Waals surface area (Å²) in [6.07, 6.45) is 0.592. The van der Waals surface area contributed by atoms with E-state index in [1.54, 1.807) is 30.3 Å². The first kappa shape index (κ1) is 60.3. The number of halogens is 5. The van der Waals surface area contributed by atoms with Crippen LogP contribution in [-0.2, 0) is 38.7 Å². The summed E-state index contributed by atoms with van der Waals surface area (Å²) in [5.41, 5.74) is 11.8. The topological polar surface area (TPSA) is 215 Å². The third-order valence-corrected chi connectivity index (χ3v) is 6.95. The van der Waals surface area contributed by atoms with Crippen molar-refractivity contribution in [3.63, 3.8) is 0 Å². The van der Waals surface area contributed by atoms with Gasteiger partial charge in [-0.2, -0.15) is 0 Å². The van der Waals surface area contributed by atoms with Crippen LogP contribution >= 0.6 is 107 Å². The third kappa shape index (κ3) is 20.9. The van der Waals surface area contributed by atoms with Gasteiger partial charge in [-0.25, -0.2) is 0 Å². The minimum Gasteiger partial charge on any atom is 1.00 e. The molecule has 0 bridgehead atoms. The Morgan fingerprint density at radius 3 is 1.67 bits per heavy atom. The molecule has 0 atom stereocenters. The molecule has 3 radical (unpaired) electrons. The largest absolute Gasteiger partial charge is 1.00 e. The molecule has 0 unspecified atom stereocenters. The Morgan fingerprint density at radius 1 is 0.800 bits per heavy atom. The van der Waals surface area contributed by atoms with Crippen LogP contribution in [-0.4, -0.2) is 78.1 Å². The number of carbonyl (C=O) groups excluding carboxylic acids is 1. The maximum Gasteiger partial charge on any atom is 1.00 e. The van der Waals surface area contributed by atoms with Gasteiger partial charge < -0.3 is 46.2 Å². The van der Waals surface area contributed by atoms with Gasteiger partial charge in [-0.1, -0.05) is 90.7 Å². The van der Waals surface area contributed by atoms with Crippen LogP contribution in [0.5, 0.6) is 0 Å². The van der Waals surface area contributed by atoms with Crippen molar-refractivity contribution >= 4 is 183 Å². The van der Waals surface area contributed by atoms with Gasteiger partial charge in [0, 0.05) is 31.8 Å². The molecule has 0 amide bonds. The van der Waals surface area contributed by atoms with E-state index in [1.807, 2.05) is 35.3 Å². The summed E-state index contributed by atoms with van der Waals surface area (Å²) in [6.45, 7) is 1.34. The molecule has 3 aliphatic rings. The number of benzene rings is 4. The number of alkyl halides is 1. The number of hydrogen-bond acceptors (Lipinski definition) is 12. The van der Waals surface area contributed by atoms with Crippen molar-refractivity contribution in [3.8, 4) is 0 Å². The first-order valence-electron chi connectivity index (χ1n) is 14.5. The molecule has 0 aromatic heterocycles. The quantitative estimate of drug-likeness (QED) is 0.0306. The fourth-order valence-corrected chi connectivity index (χ4v) is 4.57. The first-order valence-corrected chi connectivity index (χ1v) is 30.2. The number of nitro benzene ring substituents is 1. The smallest absolute Gasteiger partial charge is 1.00 e. The minimum absolute atomic E-state index is 0. The first-order chi connectivity index (χ1) is 24.3. The summed E-state index contributed by atoms with van der Waals surface area (Å²) in [7, 11) is -4.07. The number of hydrogen-bond donors (Lipinski definition) is 6. The standard InChI is InChI=1S/C7H6BNO4.C7H8BNO2.C7H7BO3.C7H7BO2.CH3I.CH4.B.4HI.Na.V.H/c10-8-7-3-6(9(11)12)2-1-5(7)4-13-8;9-6-2-1-5-4-11-8(10)7(5)3-6;9-5-6-3-1-2-4-7(6)8(10)11;9-8-7-4-2-1-3-6(7)5-10-8;1-2;;;;;;;;;/h1-3,10H,4H2;1-3,10H,4,9H2;1-5,10-11H;1-4,9H,5H2;1H3;1H4;;4*1H;;;/q;;;;;;;;;;;+1;+3;-1/p-3. The number of carbonyl (C=O) groups is 1. The molecule has 7 rings (SSSR count). The van der Waals surface area contributed by atoms with Gasteiger partial charge in [0.15, 0.2) is 0 Å². The van der Waals surface area contributed by atoms with Crippen molar-refractivity contribution in [1.82, 2.24) is 0 Å². The zero-order valence-corrected chi connectivity index (χ0v) is 43.1. The van der Waals surface area contributed by atoms with Gasteiger partial charge in [-0.15, -0.1) is 24.0 Å². The summed E-state index contributed by atoms with van der Waals surface area (Å²) < 4.78 is 14.8. The number of nitrogens with zero attached hydrogens (tertiary/aromatic N) is 1. The van der Waals surface area contributed by atoms with Crippen LogP contribution in [0.3, 0.4) is 0 Å². The van der Waals surface area contributed by atoms with E-state index in [2.05, 4.69) is 82.5 Å². The Balaban J connectivity index is -0.000000300. The molecule has 3 heterocycles. The average molecular weight is 1360 g/mol. The van der Waals surface area contributed by atoms with Crippen molar-refractivity contribution in [2.75, 3.05) is 10.7 Å². The second-order valence-electron chi connectivity index (χ2n) is 10.1. The second-order valence-corrected chi connectivity index (χ2v) is 45.5. The molecule has 0 saturated carbocycles. The van der Waals surface area contributed by atoms with Crippen molar-refractivity contribution in [2.45, 2.75) is 27.2 Å². The molecule has 25 heteroatoms. The van der Waals surface area contributed by atoms with Gasteiger partial charge in [0.1, 0.15) is 6.29 Å². The van der Waals surface area contributed by atoms with Crippen molar-refractivity contribution in [1.29, 1.82) is 0 Å². The molecule has 4 aromatic carbocycles. The van der Waals surface area contributed by atoms with Gasteiger partial charge in [-0.05, 0) is 55.6 Å². The van der Waals surface area contributed by atoms with E-state index in [9.17, 15) is 25.0 Å². The molecule has 0 aliphatic carbocycles. The zero-order valence-electron chi connectivity index (χ0n) is 29.7. The Morgan fingerprint density at radius 2 is 1.22 bits per heavy atom. The van der Waals surface area contributed by atoms with Crippen LogP contribution in [0.2, 0.25) is 0 Å². The average Bonchev–Trinajstić information content (AvgIpc) is 3.82. The minimum atomic E-state index is -1.57. The summed E-state index contributed by atoms with van der Waals surface area (Å²) in [5.74, 6) is 0. The number of nitrogen functional groups attached to an aromatic ring is 1. The monoisotopic (exact) mass is 1360 g/mol. The molecule has 13 nitrogen and oxygen atoms in total. The van der Waals surface area contributed by atoms with E-state index in [0.717, 1.165) is 27.6 Å². The SMILES string of the molecule is C.CI.I.Nc1ccc2c(c1)B(O)OC2.O=Cc1ccccc1B(O)O.O=[N+]([O-])c1ccc2c(c1)B(O)OC2.OB1OCc2ccccc21.[B].[H-].[I][V]([I])[I].[Na+]. The Hall–Kier alpha value is 0.989. The molecule has 3 aliphatic heterocycles. The van der Waals surface area contributed by atoms with Crippen LogP contribution in [0.15, 0.2) is 84.9 Å². The number of nitro groups is 1. The molecular formula is C30H37B5I5N2NaO11V. The number of aldehydes is 1. The van der Waals surface area contributed by atoms with Crippen LogP contribution < -0.4 is 57.1 Å². The molecule has 55 heavy (non-hydrogen) atoms. The molecule has 7 N–H and O–H groups in total. The van der Waals surface area contributed by atoms with Gasteiger partial charge in [-0.3, -0.25) is 14.9 Å². The van der Waals surface area contributed by atoms with Crippen LogP contribution in [0.4, 0.5) is 11.4 Å². The predicted molar refractivity (Wildman–Crippen MR) is 260 cm³/mol. The molecule has 0 saturated heterocycles. The normalized spacial score (nSPS) is 11.9. The Bertz CT molecular complexity index is 1740. The van der Waals surface area contributed by atoms with Gasteiger partial charge >= 0.3 is 123 Å². The maximum atomic E-state index is 10.4. The zero-order chi connectivity index (χ0) is 38.1. The second kappa shape index (κ2) is 32.7. The van der Waals surface area contributed by atoms with Crippen molar-refractivity contribution in [3.05, 3.63) is 117 Å². The number of non-ortho nitro benzene ring substituents is 1. The Kier molecular flexibility index (Phi) is 35.9.